The van der Waals surface area contributed by atoms with Crippen molar-refractivity contribution in [1.29, 1.82) is 0 Å². The van der Waals surface area contributed by atoms with Crippen LogP contribution in [0.1, 0.15) is 0 Å². The topological polar surface area (TPSA) is 0 Å². The molecule has 0 aromatic heterocycles. The Morgan fingerprint density at radius 3 is 0.833 bits per heavy atom. The molecule has 0 radical (unpaired) electrons. The van der Waals surface area contributed by atoms with Crippen LogP contribution in [0.2, 0.25) is 0 Å². The molecule has 0 saturated heterocycles. The normalized spacial score (nSPS) is 10.0. The molecule has 6 heavy (non-hydrogen) atoms. The van der Waals surface area contributed by atoms with Gasteiger partial charge in [-0.25, -0.2) is 0 Å². The van der Waals surface area contributed by atoms with E-state index in [0.717, 1.165) is 0 Å². The van der Waals surface area contributed by atoms with Crippen LogP contribution in [0.25, 0.3) is 0 Å². The third-order valence-corrected chi connectivity index (χ3v) is 0. The van der Waals surface area contributed by atoms with Crippen LogP contribution in [-0.4, -0.2) is 5.31 Å². The zero-order chi connectivity index (χ0) is 4.50. The average Bonchev–Trinajstić information content (AvgIpc) is 0.722. The average molecular weight is 229 g/mol. The Bertz CT molecular complexity index is 23.0. The first-order valence-electron chi connectivity index (χ1n) is 0.756. The van der Waals surface area contributed by atoms with Crippen LogP contribution in [0.15, 0.2) is 0 Å². The van der Waals surface area contributed by atoms with Crippen molar-refractivity contribution in [3.63, 3.8) is 0 Å². The minimum atomic E-state index is -2.72. The number of halogens is 4. The van der Waals surface area contributed by atoms with Gasteiger partial charge in [-0.3, -0.25) is 0 Å². The molecule has 0 saturated carbocycles. The summed E-state index contributed by atoms with van der Waals surface area (Å²) in [5.74, 6) is 0. The predicted molar refractivity (Wildman–Crippen MR) is 29.2 cm³/mol. The summed E-state index contributed by atoms with van der Waals surface area (Å²) < 4.78 is 0. The summed E-state index contributed by atoms with van der Waals surface area (Å²) in [5, 5.41) is -2.72. The van der Waals surface area contributed by atoms with Crippen LogP contribution >= 0.6 is 44.3 Å². The minimum absolute atomic E-state index is 0. The first-order chi connectivity index (χ1) is 2.00. The molecule has 0 aliphatic heterocycles. The van der Waals surface area contributed by atoms with Crippen LogP contribution in [0, 0.1) is 0 Å². The van der Waals surface area contributed by atoms with Crippen molar-refractivity contribution in [2.24, 2.45) is 0 Å². The summed E-state index contributed by atoms with van der Waals surface area (Å²) >= 11 is 19.9. The summed E-state index contributed by atoms with van der Waals surface area (Å²) in [6, 6.07) is 0. The van der Waals surface area contributed by atoms with Gasteiger partial charge in [0.2, 0.25) is 0 Å². The fraction of sp³-hybridized carbons (Fsp3) is 0. The van der Waals surface area contributed by atoms with Crippen LogP contribution in [0.3, 0.4) is 0 Å². The van der Waals surface area contributed by atoms with Gasteiger partial charge in [0.05, 0.1) is 0 Å². The van der Waals surface area contributed by atoms with Gasteiger partial charge in [0.1, 0.15) is 0 Å². The molecule has 0 aromatic rings. The molecule has 0 N–H and O–H groups in total. The largest absolute Gasteiger partial charge is 0.440 e. The van der Waals surface area contributed by atoms with E-state index in [9.17, 15) is 0 Å². The van der Waals surface area contributed by atoms with E-state index in [0.29, 0.717) is 0 Å². The first kappa shape index (κ1) is 10.8. The Labute approximate surface area is 65.8 Å². The SMILES string of the molecule is Cl[Si](Cl)(Cl)Cl.[Ni]. The molecule has 0 aromatic carbocycles. The number of hydrogen-bond acceptors (Lipinski definition) is 0. The molecule has 42 valence electrons. The van der Waals surface area contributed by atoms with Crippen molar-refractivity contribution < 1.29 is 16.5 Å². The van der Waals surface area contributed by atoms with Gasteiger partial charge >= 0.3 is 5.31 Å². The molecule has 0 heterocycles. The van der Waals surface area contributed by atoms with Crippen LogP contribution in [0.4, 0.5) is 0 Å². The summed E-state index contributed by atoms with van der Waals surface area (Å²) in [4.78, 5) is 0. The third kappa shape index (κ3) is 39.8. The summed E-state index contributed by atoms with van der Waals surface area (Å²) in [6.45, 7) is 0. The Morgan fingerprint density at radius 1 is 0.833 bits per heavy atom. The van der Waals surface area contributed by atoms with Crippen molar-refractivity contribution in [3.05, 3.63) is 0 Å². The first-order valence-corrected chi connectivity index (χ1v) is 6.80. The van der Waals surface area contributed by atoms with Gasteiger partial charge in [0.25, 0.3) is 0 Å². The molecular formula is Cl4NiSi. The van der Waals surface area contributed by atoms with E-state index >= 15 is 0 Å². The van der Waals surface area contributed by atoms with Gasteiger partial charge in [0, 0.05) is 16.5 Å². The fourth-order valence-corrected chi connectivity index (χ4v) is 0. The van der Waals surface area contributed by atoms with E-state index in [4.69, 9.17) is 44.3 Å². The molecule has 0 nitrogen and oxygen atoms in total. The number of hydrogen-bond donors (Lipinski definition) is 0. The van der Waals surface area contributed by atoms with Gasteiger partial charge in [-0.05, 0) is 0 Å². The Kier molecular flexibility index (Phi) is 6.87. The van der Waals surface area contributed by atoms with Gasteiger partial charge in [-0.2, -0.15) is 0 Å². The van der Waals surface area contributed by atoms with Crippen LogP contribution < -0.4 is 0 Å². The molecule has 0 rings (SSSR count). The fourth-order valence-electron chi connectivity index (χ4n) is 0. The molecular weight excluding hydrogens is 229 g/mol. The van der Waals surface area contributed by atoms with E-state index in [2.05, 4.69) is 0 Å². The molecule has 6 heteroatoms. The van der Waals surface area contributed by atoms with E-state index in [1.807, 2.05) is 0 Å². The molecule has 0 fully saturated rings. The second kappa shape index (κ2) is 3.82. The quantitative estimate of drug-likeness (QED) is 0.441. The maximum Gasteiger partial charge on any atom is 0.440 e. The zero-order valence-corrected chi connectivity index (χ0v) is 7.34. The Balaban J connectivity index is 0. The number of rotatable bonds is 0. The third-order valence-electron chi connectivity index (χ3n) is 0. The minimum Gasteiger partial charge on any atom is -0.110 e. The van der Waals surface area contributed by atoms with Crippen molar-refractivity contribution >= 4 is 49.6 Å². The van der Waals surface area contributed by atoms with Crippen molar-refractivity contribution in [2.45, 2.75) is 0 Å². The van der Waals surface area contributed by atoms with E-state index in [1.54, 1.807) is 0 Å². The van der Waals surface area contributed by atoms with Gasteiger partial charge in [0.15, 0.2) is 0 Å². The second-order valence-electron chi connectivity index (χ2n) is 0.429. The molecule has 0 bridgehead atoms. The molecule has 0 spiro atoms. The van der Waals surface area contributed by atoms with E-state index < -0.39 is 5.31 Å². The maximum absolute atomic E-state index is 4.97. The van der Waals surface area contributed by atoms with Crippen molar-refractivity contribution in [3.8, 4) is 0 Å². The smallest absolute Gasteiger partial charge is 0.110 e. The predicted octanol–water partition coefficient (Wildman–Crippen LogP) is 2.37. The molecule has 0 unspecified atom stereocenters. The molecule has 0 atom stereocenters. The molecule has 0 aliphatic rings. The summed E-state index contributed by atoms with van der Waals surface area (Å²) in [5.41, 5.74) is 0. The van der Waals surface area contributed by atoms with Crippen LogP contribution in [0.5, 0.6) is 0 Å². The monoisotopic (exact) mass is 226 g/mol. The second-order valence-corrected chi connectivity index (χ2v) is 11.6. The standard InChI is InChI=1S/Cl4Si.Ni/c1-5(2,3)4;. The van der Waals surface area contributed by atoms with Crippen molar-refractivity contribution in [1.82, 2.24) is 0 Å². The summed E-state index contributed by atoms with van der Waals surface area (Å²) in [7, 11) is 0. The summed E-state index contributed by atoms with van der Waals surface area (Å²) in [6.07, 6.45) is 0. The van der Waals surface area contributed by atoms with Crippen LogP contribution in [-0.2, 0) is 16.5 Å². The zero-order valence-electron chi connectivity index (χ0n) is 2.33. The van der Waals surface area contributed by atoms with Crippen molar-refractivity contribution in [2.75, 3.05) is 0 Å². The molecule has 0 amide bonds. The Hall–Kier alpha value is 1.87. The maximum atomic E-state index is 4.97. The van der Waals surface area contributed by atoms with E-state index in [1.165, 1.54) is 0 Å². The molecule has 0 aliphatic carbocycles. The van der Waals surface area contributed by atoms with Gasteiger partial charge in [-0.1, -0.05) is 0 Å². The van der Waals surface area contributed by atoms with Gasteiger partial charge in [-0.15, -0.1) is 44.3 Å². The van der Waals surface area contributed by atoms with E-state index in [-0.39, 0.29) is 16.5 Å². The van der Waals surface area contributed by atoms with Gasteiger partial charge < -0.3 is 0 Å². The Morgan fingerprint density at radius 2 is 0.833 bits per heavy atom.